The first-order valence-corrected chi connectivity index (χ1v) is 10.6. The van der Waals surface area contributed by atoms with Crippen LogP contribution in [-0.4, -0.2) is 22.7 Å². The van der Waals surface area contributed by atoms with E-state index in [1.54, 1.807) is 0 Å². The lowest BCUT2D eigenvalue weighted by Crippen LogP contribution is -2.19. The zero-order valence-corrected chi connectivity index (χ0v) is 17.4. The minimum atomic E-state index is -0.700. The van der Waals surface area contributed by atoms with E-state index >= 15 is 0 Å². The van der Waals surface area contributed by atoms with Crippen molar-refractivity contribution < 1.29 is 19.1 Å². The van der Waals surface area contributed by atoms with E-state index in [2.05, 4.69) is 11.1 Å². The number of benzene rings is 2. The molecule has 0 fully saturated rings. The Morgan fingerprint density at radius 3 is 2.80 bits per heavy atom. The van der Waals surface area contributed by atoms with Crippen LogP contribution in [0.3, 0.4) is 0 Å². The molecule has 5 heteroatoms. The van der Waals surface area contributed by atoms with Gasteiger partial charge in [0.25, 0.3) is 0 Å². The number of carbonyl (C=O) groups is 1. The Kier molecular flexibility index (Phi) is 5.88. The van der Waals surface area contributed by atoms with E-state index in [-0.39, 0.29) is 11.8 Å². The van der Waals surface area contributed by atoms with Gasteiger partial charge in [-0.3, -0.25) is 4.79 Å². The molecule has 0 unspecified atom stereocenters. The molecule has 0 radical (unpaired) electrons. The normalized spacial score (nSPS) is 16.3. The molecule has 0 saturated heterocycles. The molecule has 5 nitrogen and oxygen atoms in total. The first-order chi connectivity index (χ1) is 14.6. The Bertz CT molecular complexity index is 1020. The van der Waals surface area contributed by atoms with E-state index in [1.165, 1.54) is 5.56 Å². The van der Waals surface area contributed by atoms with Crippen LogP contribution in [0.1, 0.15) is 48.3 Å². The molecule has 0 saturated carbocycles. The number of ether oxygens (including phenoxy) is 1. The molecule has 1 aliphatic carbocycles. The molecule has 2 aromatic carbocycles. The summed E-state index contributed by atoms with van der Waals surface area (Å²) < 4.78 is 11.8. The predicted molar refractivity (Wildman–Crippen MR) is 115 cm³/mol. The molecule has 1 N–H and O–H groups in total. The number of aryl methyl sites for hydroxylation is 2. The first kappa shape index (κ1) is 20.2. The highest BCUT2D eigenvalue weighted by Crippen LogP contribution is 2.41. The molecule has 30 heavy (non-hydrogen) atoms. The van der Waals surface area contributed by atoms with Gasteiger partial charge in [0.1, 0.15) is 11.5 Å². The maximum atomic E-state index is 11.6. The first-order valence-electron chi connectivity index (χ1n) is 10.6. The second-order valence-electron chi connectivity index (χ2n) is 7.85. The summed E-state index contributed by atoms with van der Waals surface area (Å²) in [5.74, 6) is 1.36. The molecule has 0 amide bonds. The zero-order valence-electron chi connectivity index (χ0n) is 17.4. The van der Waals surface area contributed by atoms with Crippen LogP contribution < -0.4 is 4.74 Å². The minimum absolute atomic E-state index is 0.103. The fourth-order valence-electron chi connectivity index (χ4n) is 4.40. The van der Waals surface area contributed by atoms with Gasteiger partial charge in [-0.1, -0.05) is 31.2 Å². The highest BCUT2D eigenvalue weighted by Gasteiger charge is 2.33. The van der Waals surface area contributed by atoms with Crippen molar-refractivity contribution in [3.63, 3.8) is 0 Å². The van der Waals surface area contributed by atoms with Gasteiger partial charge in [-0.2, -0.15) is 0 Å². The quantitative estimate of drug-likeness (QED) is 0.542. The Balaban J connectivity index is 1.39. The summed E-state index contributed by atoms with van der Waals surface area (Å²) in [6.07, 6.45) is 3.12. The van der Waals surface area contributed by atoms with Gasteiger partial charge in [0.2, 0.25) is 5.89 Å². The average molecular weight is 405 g/mol. The summed E-state index contributed by atoms with van der Waals surface area (Å²) >= 11 is 0. The number of oxazole rings is 1. The minimum Gasteiger partial charge on any atom is -0.493 e. The van der Waals surface area contributed by atoms with Crippen LogP contribution in [0.25, 0.3) is 11.5 Å². The monoisotopic (exact) mass is 405 g/mol. The Morgan fingerprint density at radius 2 is 2.07 bits per heavy atom. The predicted octanol–water partition coefficient (Wildman–Crippen LogP) is 5.41. The summed E-state index contributed by atoms with van der Waals surface area (Å²) in [6, 6.07) is 15.9. The summed E-state index contributed by atoms with van der Waals surface area (Å²) in [5.41, 5.74) is 4.24. The van der Waals surface area contributed by atoms with E-state index in [0.717, 1.165) is 41.2 Å². The van der Waals surface area contributed by atoms with Gasteiger partial charge >= 0.3 is 5.97 Å². The van der Waals surface area contributed by atoms with Crippen LogP contribution in [0.2, 0.25) is 0 Å². The van der Waals surface area contributed by atoms with Crippen LogP contribution in [0, 0.1) is 12.8 Å². The van der Waals surface area contributed by atoms with E-state index in [1.807, 2.05) is 56.3 Å². The number of aromatic nitrogens is 1. The van der Waals surface area contributed by atoms with Gasteiger partial charge in [-0.05, 0) is 67.5 Å². The van der Waals surface area contributed by atoms with Crippen LogP contribution in [0.5, 0.6) is 5.75 Å². The molecule has 0 aliphatic heterocycles. The molecule has 156 valence electrons. The summed E-state index contributed by atoms with van der Waals surface area (Å²) in [7, 11) is 0. The maximum absolute atomic E-state index is 11.6. The standard InChI is InChI=1S/C25H27NO4/c1-3-20(25(27)28)22-11-9-18-15-19(10-12-21(18)22)29-14-13-23-16(2)30-24(26-23)17-7-5-4-6-8-17/h4-8,10,12,15,20,22H,3,9,11,13-14H2,1-2H3,(H,27,28)/t20-,22-/m0/s1. The van der Waals surface area contributed by atoms with Crippen LogP contribution in [0.4, 0.5) is 0 Å². The third kappa shape index (κ3) is 4.11. The molecule has 0 spiro atoms. The van der Waals surface area contributed by atoms with E-state index in [4.69, 9.17) is 9.15 Å². The van der Waals surface area contributed by atoms with Crippen molar-refractivity contribution in [2.24, 2.45) is 5.92 Å². The molecule has 2 atom stereocenters. The van der Waals surface area contributed by atoms with Gasteiger partial charge in [-0.15, -0.1) is 0 Å². The molecule has 0 bridgehead atoms. The largest absolute Gasteiger partial charge is 0.493 e. The second-order valence-corrected chi connectivity index (χ2v) is 7.85. The van der Waals surface area contributed by atoms with Crippen LogP contribution in [-0.2, 0) is 17.6 Å². The lowest BCUT2D eigenvalue weighted by molar-refractivity contribution is -0.142. The third-order valence-electron chi connectivity index (χ3n) is 6.00. The molecule has 4 rings (SSSR count). The fraction of sp³-hybridized carbons (Fsp3) is 0.360. The summed E-state index contributed by atoms with van der Waals surface area (Å²) in [5, 5.41) is 9.50. The fourth-order valence-corrected chi connectivity index (χ4v) is 4.40. The maximum Gasteiger partial charge on any atom is 0.307 e. The van der Waals surface area contributed by atoms with Gasteiger partial charge in [0.15, 0.2) is 0 Å². The van der Waals surface area contributed by atoms with Crippen molar-refractivity contribution in [3.8, 4) is 17.2 Å². The molecule has 3 aromatic rings. The van der Waals surface area contributed by atoms with Crippen molar-refractivity contribution in [2.45, 2.75) is 45.4 Å². The number of nitrogens with zero attached hydrogens (tertiary/aromatic N) is 1. The van der Waals surface area contributed by atoms with Crippen molar-refractivity contribution in [1.82, 2.24) is 4.98 Å². The summed E-state index contributed by atoms with van der Waals surface area (Å²) in [6.45, 7) is 4.39. The van der Waals surface area contributed by atoms with Gasteiger partial charge in [0, 0.05) is 12.0 Å². The number of carboxylic acids is 1. The number of rotatable bonds is 8. The topological polar surface area (TPSA) is 72.6 Å². The number of fused-ring (bicyclic) bond motifs is 1. The van der Waals surface area contributed by atoms with Crippen LogP contribution in [0.15, 0.2) is 52.9 Å². The average Bonchev–Trinajstić information content (AvgIpc) is 3.33. The highest BCUT2D eigenvalue weighted by atomic mass is 16.5. The molecule has 1 aromatic heterocycles. The SMILES string of the molecule is CC[C@H](C(=O)O)[C@@H]1CCc2cc(OCCc3nc(-c4ccccc4)oc3C)ccc21. The van der Waals surface area contributed by atoms with Gasteiger partial charge in [-0.25, -0.2) is 4.98 Å². The molecular weight excluding hydrogens is 378 g/mol. The molecular formula is C25H27NO4. The Hall–Kier alpha value is -3.08. The van der Waals surface area contributed by atoms with Crippen molar-refractivity contribution >= 4 is 5.97 Å². The van der Waals surface area contributed by atoms with Crippen LogP contribution >= 0.6 is 0 Å². The van der Waals surface area contributed by atoms with Crippen molar-refractivity contribution in [3.05, 3.63) is 71.1 Å². The smallest absolute Gasteiger partial charge is 0.307 e. The zero-order chi connectivity index (χ0) is 21.1. The molecule has 1 heterocycles. The second kappa shape index (κ2) is 8.74. The van der Waals surface area contributed by atoms with E-state index < -0.39 is 5.97 Å². The van der Waals surface area contributed by atoms with Crippen molar-refractivity contribution in [1.29, 1.82) is 0 Å². The Morgan fingerprint density at radius 1 is 1.27 bits per heavy atom. The number of hydrogen-bond acceptors (Lipinski definition) is 4. The van der Waals surface area contributed by atoms with E-state index in [0.29, 0.717) is 25.3 Å². The third-order valence-corrected chi connectivity index (χ3v) is 6.00. The Labute approximate surface area is 176 Å². The summed E-state index contributed by atoms with van der Waals surface area (Å²) in [4.78, 5) is 16.2. The number of carboxylic acid groups (broad SMARTS) is 1. The highest BCUT2D eigenvalue weighted by molar-refractivity contribution is 5.72. The van der Waals surface area contributed by atoms with Crippen molar-refractivity contribution in [2.75, 3.05) is 6.61 Å². The van der Waals surface area contributed by atoms with Gasteiger partial charge in [0.05, 0.1) is 18.2 Å². The lowest BCUT2D eigenvalue weighted by atomic mass is 9.85. The van der Waals surface area contributed by atoms with Gasteiger partial charge < -0.3 is 14.3 Å². The lowest BCUT2D eigenvalue weighted by Gasteiger charge is -2.19. The number of hydrogen-bond donors (Lipinski definition) is 1. The number of aliphatic carboxylic acids is 1. The molecule has 1 aliphatic rings. The van der Waals surface area contributed by atoms with E-state index in [9.17, 15) is 9.90 Å².